The molecule has 1 fully saturated rings. The van der Waals surface area contributed by atoms with Crippen LogP contribution in [0.4, 0.5) is 0 Å². The third kappa shape index (κ3) is 3.71. The third-order valence-corrected chi connectivity index (χ3v) is 4.35. The van der Waals surface area contributed by atoms with Gasteiger partial charge in [-0.25, -0.2) is 13.1 Å². The number of aliphatic carboxylic acids is 1. The number of rotatable bonds is 5. The van der Waals surface area contributed by atoms with Gasteiger partial charge in [0.05, 0.1) is 5.25 Å². The molecule has 1 atom stereocenters. The molecular weight excluding hydrogens is 236 g/mol. The van der Waals surface area contributed by atoms with Crippen molar-refractivity contribution in [3.63, 3.8) is 0 Å². The van der Waals surface area contributed by atoms with Crippen LogP contribution in [-0.2, 0) is 19.6 Å². The average Bonchev–Trinajstić information content (AvgIpc) is 2.27. The van der Waals surface area contributed by atoms with Gasteiger partial charge >= 0.3 is 5.97 Å². The monoisotopic (exact) mass is 252 g/mol. The minimum absolute atomic E-state index is 0.283. The van der Waals surface area contributed by atoms with Crippen molar-refractivity contribution in [2.24, 2.45) is 5.73 Å². The van der Waals surface area contributed by atoms with Crippen LogP contribution in [0.5, 0.6) is 0 Å². The highest BCUT2D eigenvalue weighted by Gasteiger charge is 2.28. The normalized spacial score (nSPS) is 20.6. The van der Waals surface area contributed by atoms with Crippen molar-refractivity contribution in [3.8, 4) is 0 Å². The van der Waals surface area contributed by atoms with Crippen molar-refractivity contribution in [2.75, 3.05) is 19.8 Å². The molecule has 1 saturated heterocycles. The molecule has 1 aliphatic rings. The number of nitrogens with one attached hydrogen (secondary N) is 1. The minimum Gasteiger partial charge on any atom is -0.480 e. The van der Waals surface area contributed by atoms with Crippen molar-refractivity contribution in [1.82, 2.24) is 4.72 Å². The molecule has 94 valence electrons. The summed E-state index contributed by atoms with van der Waals surface area (Å²) in [5.41, 5.74) is 5.20. The van der Waals surface area contributed by atoms with Crippen LogP contribution < -0.4 is 10.5 Å². The number of carboxylic acids is 1. The van der Waals surface area contributed by atoms with E-state index in [1.165, 1.54) is 0 Å². The number of nitrogens with two attached hydrogens (primary N) is 1. The molecule has 7 nitrogen and oxygen atoms in total. The van der Waals surface area contributed by atoms with E-state index in [1.54, 1.807) is 0 Å². The molecule has 0 bridgehead atoms. The number of carboxylic acid groups (broad SMARTS) is 1. The molecule has 0 aliphatic carbocycles. The SMILES string of the molecule is NC(CNS(=O)(=O)C1CCOCC1)C(=O)O. The van der Waals surface area contributed by atoms with E-state index < -0.39 is 27.3 Å². The maximum Gasteiger partial charge on any atom is 0.321 e. The molecule has 0 amide bonds. The smallest absolute Gasteiger partial charge is 0.321 e. The first-order chi connectivity index (χ1) is 7.43. The van der Waals surface area contributed by atoms with Crippen molar-refractivity contribution >= 4 is 16.0 Å². The van der Waals surface area contributed by atoms with E-state index in [1.807, 2.05) is 0 Å². The van der Waals surface area contributed by atoms with Crippen LogP contribution in [0.15, 0.2) is 0 Å². The molecule has 1 aliphatic heterocycles. The Morgan fingerprint density at radius 3 is 2.56 bits per heavy atom. The highest BCUT2D eigenvalue weighted by Crippen LogP contribution is 2.14. The molecule has 0 aromatic carbocycles. The minimum atomic E-state index is -3.49. The van der Waals surface area contributed by atoms with E-state index in [9.17, 15) is 13.2 Å². The molecule has 0 saturated carbocycles. The van der Waals surface area contributed by atoms with Crippen LogP contribution in [-0.4, -0.2) is 50.5 Å². The molecule has 1 heterocycles. The fourth-order valence-electron chi connectivity index (χ4n) is 1.40. The first-order valence-corrected chi connectivity index (χ1v) is 6.52. The van der Waals surface area contributed by atoms with Crippen molar-refractivity contribution in [2.45, 2.75) is 24.1 Å². The van der Waals surface area contributed by atoms with Gasteiger partial charge < -0.3 is 15.6 Å². The van der Waals surface area contributed by atoms with Crippen molar-refractivity contribution < 1.29 is 23.1 Å². The molecule has 0 aromatic rings. The average molecular weight is 252 g/mol. The Kier molecular flexibility index (Phi) is 4.66. The highest BCUT2D eigenvalue weighted by atomic mass is 32.2. The standard InChI is InChI=1S/C8H16N2O5S/c9-7(8(11)12)5-10-16(13,14)6-1-3-15-4-2-6/h6-7,10H,1-5,9H2,(H,11,12). The lowest BCUT2D eigenvalue weighted by molar-refractivity contribution is -0.138. The van der Waals surface area contributed by atoms with Crippen molar-refractivity contribution in [3.05, 3.63) is 0 Å². The lowest BCUT2D eigenvalue weighted by atomic mass is 10.2. The van der Waals surface area contributed by atoms with Gasteiger partial charge in [0.15, 0.2) is 0 Å². The lowest BCUT2D eigenvalue weighted by Gasteiger charge is -2.22. The summed E-state index contributed by atoms with van der Waals surface area (Å²) in [5, 5.41) is 8.00. The first kappa shape index (κ1) is 13.4. The second kappa shape index (κ2) is 5.58. The third-order valence-electron chi connectivity index (χ3n) is 2.43. The van der Waals surface area contributed by atoms with Crippen LogP contribution in [0.3, 0.4) is 0 Å². The first-order valence-electron chi connectivity index (χ1n) is 4.98. The van der Waals surface area contributed by atoms with Gasteiger partial charge in [0.2, 0.25) is 10.0 Å². The molecule has 1 unspecified atom stereocenters. The quantitative estimate of drug-likeness (QED) is 0.547. The second-order valence-corrected chi connectivity index (χ2v) is 5.70. The molecule has 0 radical (unpaired) electrons. The van der Waals surface area contributed by atoms with Crippen LogP contribution in [0.2, 0.25) is 0 Å². The van der Waals surface area contributed by atoms with E-state index in [-0.39, 0.29) is 6.54 Å². The number of carbonyl (C=O) groups is 1. The number of sulfonamides is 1. The zero-order valence-electron chi connectivity index (χ0n) is 8.76. The van der Waals surface area contributed by atoms with Gasteiger partial charge in [-0.05, 0) is 12.8 Å². The number of hydrogen-bond donors (Lipinski definition) is 3. The Morgan fingerprint density at radius 2 is 2.06 bits per heavy atom. The number of hydrogen-bond acceptors (Lipinski definition) is 5. The maximum absolute atomic E-state index is 11.7. The largest absolute Gasteiger partial charge is 0.480 e. The van der Waals surface area contributed by atoms with E-state index in [4.69, 9.17) is 15.6 Å². The van der Waals surface area contributed by atoms with Gasteiger partial charge in [0.25, 0.3) is 0 Å². The fourth-order valence-corrected chi connectivity index (χ4v) is 2.86. The Morgan fingerprint density at radius 1 is 1.50 bits per heavy atom. The summed E-state index contributed by atoms with van der Waals surface area (Å²) in [5.74, 6) is -1.23. The summed E-state index contributed by atoms with van der Waals surface area (Å²) < 4.78 is 30.7. The van der Waals surface area contributed by atoms with Gasteiger partial charge in [-0.15, -0.1) is 0 Å². The number of ether oxygens (including phenoxy) is 1. The predicted octanol–water partition coefficient (Wildman–Crippen LogP) is -1.50. The lowest BCUT2D eigenvalue weighted by Crippen LogP contribution is -2.46. The van der Waals surface area contributed by atoms with Crippen molar-refractivity contribution in [1.29, 1.82) is 0 Å². The van der Waals surface area contributed by atoms with Gasteiger partial charge in [0.1, 0.15) is 6.04 Å². The Labute approximate surface area is 94.0 Å². The van der Waals surface area contributed by atoms with Crippen LogP contribution >= 0.6 is 0 Å². The van der Waals surface area contributed by atoms with Crippen LogP contribution in [0, 0.1) is 0 Å². The molecule has 1 rings (SSSR count). The summed E-state index contributed by atoms with van der Waals surface area (Å²) in [6.45, 7) is 0.544. The summed E-state index contributed by atoms with van der Waals surface area (Å²) in [6, 6.07) is -1.21. The molecule has 0 aromatic heterocycles. The molecule has 8 heteroatoms. The summed E-state index contributed by atoms with van der Waals surface area (Å²) >= 11 is 0. The van der Waals surface area contributed by atoms with E-state index in [2.05, 4.69) is 4.72 Å². The van der Waals surface area contributed by atoms with Gasteiger partial charge in [-0.2, -0.15) is 0 Å². The Hall–Kier alpha value is -0.700. The highest BCUT2D eigenvalue weighted by molar-refractivity contribution is 7.90. The summed E-state index contributed by atoms with van der Waals surface area (Å²) in [7, 11) is -3.49. The molecule has 16 heavy (non-hydrogen) atoms. The Bertz CT molecular complexity index is 336. The van der Waals surface area contributed by atoms with Crippen LogP contribution in [0.1, 0.15) is 12.8 Å². The van der Waals surface area contributed by atoms with Gasteiger partial charge in [0, 0.05) is 19.8 Å². The zero-order chi connectivity index (χ0) is 12.2. The molecule has 4 N–H and O–H groups in total. The summed E-state index contributed by atoms with van der Waals surface area (Å²) in [6.07, 6.45) is 0.856. The van der Waals surface area contributed by atoms with E-state index in [0.717, 1.165) is 0 Å². The second-order valence-electron chi connectivity index (χ2n) is 3.65. The fraction of sp³-hybridized carbons (Fsp3) is 0.875. The predicted molar refractivity (Wildman–Crippen MR) is 56.4 cm³/mol. The van der Waals surface area contributed by atoms with Crippen LogP contribution in [0.25, 0.3) is 0 Å². The van der Waals surface area contributed by atoms with E-state index in [0.29, 0.717) is 26.1 Å². The van der Waals surface area contributed by atoms with Gasteiger partial charge in [-0.1, -0.05) is 0 Å². The van der Waals surface area contributed by atoms with Gasteiger partial charge in [-0.3, -0.25) is 4.79 Å². The van der Waals surface area contributed by atoms with E-state index >= 15 is 0 Å². The zero-order valence-corrected chi connectivity index (χ0v) is 9.57. The molecule has 0 spiro atoms. The molecular formula is C8H16N2O5S. The summed E-state index contributed by atoms with van der Waals surface area (Å²) in [4.78, 5) is 10.4. The topological polar surface area (TPSA) is 119 Å². The maximum atomic E-state index is 11.7. The Balaban J connectivity index is 2.47.